The van der Waals surface area contributed by atoms with E-state index in [-0.39, 0.29) is 0 Å². The quantitative estimate of drug-likeness (QED) is 0.532. The molecule has 0 saturated heterocycles. The number of nitrogens with zero attached hydrogens (tertiary/aromatic N) is 2. The van der Waals surface area contributed by atoms with Gasteiger partial charge in [-0.15, -0.1) is 0 Å². The highest BCUT2D eigenvalue weighted by molar-refractivity contribution is 8.30. The summed E-state index contributed by atoms with van der Waals surface area (Å²) in [5.74, 6) is 1.89. The Hall–Kier alpha value is 0.400. The molecule has 2 aliphatic heterocycles. The van der Waals surface area contributed by atoms with E-state index in [1.165, 1.54) is 28.1 Å². The fraction of sp³-hybridized carbons (Fsp3) is 0.375. The minimum atomic E-state index is 0.945. The van der Waals surface area contributed by atoms with E-state index in [1.54, 1.807) is 0 Å². The van der Waals surface area contributed by atoms with Gasteiger partial charge in [0.25, 0.3) is 0 Å². The molecule has 0 aliphatic carbocycles. The fourth-order valence-corrected chi connectivity index (χ4v) is 8.30. The smallest absolute Gasteiger partial charge is 0.0707 e. The van der Waals surface area contributed by atoms with Crippen LogP contribution in [0.1, 0.15) is 12.8 Å². The molecule has 2 aliphatic rings. The lowest BCUT2D eigenvalue weighted by Crippen LogP contribution is -1.94. The van der Waals surface area contributed by atoms with Crippen LogP contribution in [0.25, 0.3) is 0 Å². The lowest BCUT2D eigenvalue weighted by Gasteiger charge is -2.04. The first-order chi connectivity index (χ1) is 11.8. The molecule has 4 heterocycles. The highest BCUT2D eigenvalue weighted by atomic mass is 32.2. The van der Waals surface area contributed by atoms with Crippen LogP contribution < -0.4 is 0 Å². The molecule has 2 nitrogen and oxygen atoms in total. The summed E-state index contributed by atoms with van der Waals surface area (Å²) in [5.41, 5.74) is 0. The molecule has 4 rings (SSSR count). The Morgan fingerprint density at radius 2 is 0.958 bits per heavy atom. The van der Waals surface area contributed by atoms with E-state index >= 15 is 0 Å². The molecule has 0 aromatic carbocycles. The first kappa shape index (κ1) is 17.8. The third-order valence-corrected chi connectivity index (χ3v) is 9.89. The molecule has 0 bridgehead atoms. The predicted molar refractivity (Wildman–Crippen MR) is 116 cm³/mol. The van der Waals surface area contributed by atoms with Crippen molar-refractivity contribution < 1.29 is 0 Å². The SMILES string of the molecule is SCCCn1cc2c(c1)SC(=C1Sc3cn(CCCS)cc3S1)S2. The Kier molecular flexibility index (Phi) is 5.90. The summed E-state index contributed by atoms with van der Waals surface area (Å²) in [6.45, 7) is 2.13. The lowest BCUT2D eigenvalue weighted by molar-refractivity contribution is 0.684. The summed E-state index contributed by atoms with van der Waals surface area (Å²) in [4.78, 5) is 5.60. The summed E-state index contributed by atoms with van der Waals surface area (Å²) < 4.78 is 7.48. The van der Waals surface area contributed by atoms with Crippen molar-refractivity contribution in [2.75, 3.05) is 11.5 Å². The second-order valence-electron chi connectivity index (χ2n) is 5.59. The van der Waals surface area contributed by atoms with Gasteiger partial charge >= 0.3 is 0 Å². The average Bonchev–Trinajstić information content (AvgIpc) is 3.28. The molecule has 0 amide bonds. The monoisotopic (exact) mass is 430 g/mol. The third-order valence-electron chi connectivity index (χ3n) is 3.74. The largest absolute Gasteiger partial charge is 0.352 e. The second-order valence-corrected chi connectivity index (χ2v) is 11.2. The molecule has 2 aromatic heterocycles. The van der Waals surface area contributed by atoms with Gasteiger partial charge in [0.15, 0.2) is 0 Å². The number of fused-ring (bicyclic) bond motifs is 2. The Morgan fingerprint density at radius 1 is 0.625 bits per heavy atom. The van der Waals surface area contributed by atoms with E-state index in [9.17, 15) is 0 Å². The highest BCUT2D eigenvalue weighted by Crippen LogP contribution is 2.61. The minimum Gasteiger partial charge on any atom is -0.352 e. The minimum absolute atomic E-state index is 0.945. The predicted octanol–water partition coefficient (Wildman–Crippen LogP) is 6.15. The van der Waals surface area contributed by atoms with Crippen LogP contribution in [0.4, 0.5) is 0 Å². The summed E-state index contributed by atoms with van der Waals surface area (Å²) in [6, 6.07) is 0. The Bertz CT molecular complexity index is 660. The van der Waals surface area contributed by atoms with Crippen LogP contribution >= 0.6 is 72.3 Å². The molecule has 0 N–H and O–H groups in total. The number of aromatic nitrogens is 2. The van der Waals surface area contributed by atoms with Gasteiger partial charge < -0.3 is 9.13 Å². The zero-order chi connectivity index (χ0) is 16.5. The molecule has 0 spiro atoms. The van der Waals surface area contributed by atoms with Crippen molar-refractivity contribution in [3.63, 3.8) is 0 Å². The van der Waals surface area contributed by atoms with Crippen LogP contribution in [-0.4, -0.2) is 20.6 Å². The number of thiol groups is 2. The summed E-state index contributed by atoms with van der Waals surface area (Å²) in [6.07, 6.45) is 11.4. The molecule has 0 unspecified atom stereocenters. The molecule has 128 valence electrons. The molecule has 0 atom stereocenters. The van der Waals surface area contributed by atoms with Crippen molar-refractivity contribution in [1.82, 2.24) is 9.13 Å². The topological polar surface area (TPSA) is 9.86 Å². The Balaban J connectivity index is 1.43. The Morgan fingerprint density at radius 3 is 1.25 bits per heavy atom. The highest BCUT2D eigenvalue weighted by Gasteiger charge is 2.28. The molecule has 24 heavy (non-hydrogen) atoms. The zero-order valence-electron chi connectivity index (χ0n) is 13.0. The fourth-order valence-electron chi connectivity index (χ4n) is 2.61. The molecule has 2 aromatic rings. The first-order valence-corrected chi connectivity index (χ1v) is 12.4. The number of rotatable bonds is 6. The van der Waals surface area contributed by atoms with Gasteiger partial charge in [0.05, 0.1) is 8.47 Å². The number of hydrogen-bond acceptors (Lipinski definition) is 6. The molecular weight excluding hydrogens is 413 g/mol. The van der Waals surface area contributed by atoms with Crippen LogP contribution in [0.3, 0.4) is 0 Å². The van der Waals surface area contributed by atoms with Gasteiger partial charge in [0.1, 0.15) is 0 Å². The zero-order valence-corrected chi connectivity index (χ0v) is 18.0. The first-order valence-electron chi connectivity index (χ1n) is 7.84. The third kappa shape index (κ3) is 3.74. The average molecular weight is 431 g/mol. The molecule has 0 saturated carbocycles. The van der Waals surface area contributed by atoms with E-state index < -0.39 is 0 Å². The van der Waals surface area contributed by atoms with Gasteiger partial charge in [-0.05, 0) is 24.3 Å². The summed E-state index contributed by atoms with van der Waals surface area (Å²) in [5, 5.41) is 0. The van der Waals surface area contributed by atoms with Gasteiger partial charge in [-0.2, -0.15) is 25.3 Å². The van der Waals surface area contributed by atoms with Gasteiger partial charge in [-0.25, -0.2) is 0 Å². The van der Waals surface area contributed by atoms with E-state index in [4.69, 9.17) is 0 Å². The van der Waals surface area contributed by atoms with Crippen LogP contribution in [0.5, 0.6) is 0 Å². The normalized spacial score (nSPS) is 16.1. The van der Waals surface area contributed by atoms with Crippen LogP contribution in [0, 0.1) is 0 Å². The molecular formula is C16H18N2S6. The maximum absolute atomic E-state index is 4.30. The van der Waals surface area contributed by atoms with Crippen LogP contribution in [0.15, 0.2) is 52.8 Å². The van der Waals surface area contributed by atoms with Crippen molar-refractivity contribution in [3.8, 4) is 0 Å². The van der Waals surface area contributed by atoms with Crippen LogP contribution in [0.2, 0.25) is 0 Å². The summed E-state index contributed by atoms with van der Waals surface area (Å²) in [7, 11) is 0. The van der Waals surface area contributed by atoms with Crippen molar-refractivity contribution in [2.24, 2.45) is 0 Å². The molecule has 8 heteroatoms. The van der Waals surface area contributed by atoms with Gasteiger partial charge in [0.2, 0.25) is 0 Å². The maximum Gasteiger partial charge on any atom is 0.0707 e. The number of aryl methyl sites for hydroxylation is 2. The summed E-state index contributed by atoms with van der Waals surface area (Å²) >= 11 is 16.3. The van der Waals surface area contributed by atoms with Crippen molar-refractivity contribution >= 4 is 72.3 Å². The lowest BCUT2D eigenvalue weighted by atomic mass is 10.5. The van der Waals surface area contributed by atoms with Crippen molar-refractivity contribution in [2.45, 2.75) is 45.5 Å². The second kappa shape index (κ2) is 7.96. The van der Waals surface area contributed by atoms with E-state index in [1.807, 2.05) is 47.0 Å². The van der Waals surface area contributed by atoms with Crippen LogP contribution in [-0.2, 0) is 13.1 Å². The van der Waals surface area contributed by atoms with Gasteiger partial charge in [-0.1, -0.05) is 47.0 Å². The van der Waals surface area contributed by atoms with E-state index in [0.29, 0.717) is 0 Å². The van der Waals surface area contributed by atoms with Gasteiger partial charge in [-0.3, -0.25) is 0 Å². The van der Waals surface area contributed by atoms with E-state index in [2.05, 4.69) is 59.2 Å². The standard InChI is InChI=1S/C16H18N2S6/c19-5-1-3-17-7-11-12(8-17)22-15(21-11)16-23-13-9-18(4-2-6-20)10-14(13)24-16/h7-10,19-20H,1-6H2. The van der Waals surface area contributed by atoms with Gasteiger partial charge in [0, 0.05) is 57.5 Å². The maximum atomic E-state index is 4.30. The molecule has 0 radical (unpaired) electrons. The van der Waals surface area contributed by atoms with Crippen molar-refractivity contribution in [3.05, 3.63) is 33.3 Å². The van der Waals surface area contributed by atoms with Crippen molar-refractivity contribution in [1.29, 1.82) is 0 Å². The van der Waals surface area contributed by atoms with E-state index in [0.717, 1.165) is 37.4 Å². The molecule has 0 fully saturated rings. The number of hydrogen-bond donors (Lipinski definition) is 2. The number of thioether (sulfide) groups is 4. The Labute approximate surface area is 170 Å².